The minimum absolute atomic E-state index is 0.0214. The summed E-state index contributed by atoms with van der Waals surface area (Å²) < 4.78 is 16.9. The zero-order valence-electron chi connectivity index (χ0n) is 19.2. The molecule has 1 heterocycles. The second-order valence-corrected chi connectivity index (χ2v) is 8.03. The van der Waals surface area contributed by atoms with Crippen LogP contribution in [0.5, 0.6) is 17.2 Å². The summed E-state index contributed by atoms with van der Waals surface area (Å²) in [7, 11) is 3.25. The van der Waals surface area contributed by atoms with Gasteiger partial charge < -0.3 is 19.1 Å². The third kappa shape index (κ3) is 5.65. The molecule has 4 rings (SSSR count). The van der Waals surface area contributed by atoms with Crippen molar-refractivity contribution in [2.45, 2.75) is 13.2 Å². The van der Waals surface area contributed by atoms with Crippen LogP contribution in [0, 0.1) is 0 Å². The van der Waals surface area contributed by atoms with Crippen molar-refractivity contribution in [2.75, 3.05) is 40.4 Å². The maximum absolute atomic E-state index is 12.9. The summed E-state index contributed by atoms with van der Waals surface area (Å²) in [5.41, 5.74) is 2.88. The average Bonchev–Trinajstić information content (AvgIpc) is 2.88. The van der Waals surface area contributed by atoms with Crippen LogP contribution in [0.1, 0.15) is 21.5 Å². The van der Waals surface area contributed by atoms with Crippen molar-refractivity contribution >= 4 is 5.91 Å². The van der Waals surface area contributed by atoms with Gasteiger partial charge in [0.15, 0.2) is 11.5 Å². The third-order valence-electron chi connectivity index (χ3n) is 5.87. The number of methoxy groups -OCH3 is 2. The summed E-state index contributed by atoms with van der Waals surface area (Å²) in [4.78, 5) is 17.2. The van der Waals surface area contributed by atoms with Gasteiger partial charge in [0.1, 0.15) is 12.4 Å². The van der Waals surface area contributed by atoms with E-state index in [0.717, 1.165) is 42.3 Å². The van der Waals surface area contributed by atoms with Crippen LogP contribution in [-0.2, 0) is 13.2 Å². The lowest BCUT2D eigenvalue weighted by atomic mass is 10.1. The highest BCUT2D eigenvalue weighted by Gasteiger charge is 2.24. The number of carbonyl (C=O) groups excluding carboxylic acids is 1. The van der Waals surface area contributed by atoms with E-state index in [-0.39, 0.29) is 5.91 Å². The van der Waals surface area contributed by atoms with Crippen molar-refractivity contribution in [3.8, 4) is 17.2 Å². The highest BCUT2D eigenvalue weighted by molar-refractivity contribution is 5.97. The van der Waals surface area contributed by atoms with Crippen molar-refractivity contribution < 1.29 is 19.0 Å². The Morgan fingerprint density at radius 1 is 0.758 bits per heavy atom. The largest absolute Gasteiger partial charge is 0.496 e. The quantitative estimate of drug-likeness (QED) is 0.518. The predicted octanol–water partition coefficient (Wildman–Crippen LogP) is 4.24. The SMILES string of the molecule is COc1ccc(CN2CCN(C(=O)c3ccccc3OC)CC2)cc1OCc1ccccc1. The van der Waals surface area contributed by atoms with E-state index in [0.29, 0.717) is 31.0 Å². The highest BCUT2D eigenvalue weighted by atomic mass is 16.5. The molecular formula is C27H30N2O4. The van der Waals surface area contributed by atoms with Gasteiger partial charge in [0.25, 0.3) is 5.91 Å². The molecule has 1 fully saturated rings. The van der Waals surface area contributed by atoms with Crippen molar-refractivity contribution in [3.05, 3.63) is 89.5 Å². The predicted molar refractivity (Wildman–Crippen MR) is 128 cm³/mol. The molecule has 6 heteroatoms. The molecule has 3 aromatic carbocycles. The molecule has 0 atom stereocenters. The molecule has 1 saturated heterocycles. The summed E-state index contributed by atoms with van der Waals surface area (Å²) in [5.74, 6) is 2.10. The number of ether oxygens (including phenoxy) is 3. The van der Waals surface area contributed by atoms with Gasteiger partial charge in [0.2, 0.25) is 0 Å². The van der Waals surface area contributed by atoms with Gasteiger partial charge in [-0.1, -0.05) is 48.5 Å². The van der Waals surface area contributed by atoms with Crippen LogP contribution in [0.3, 0.4) is 0 Å². The van der Waals surface area contributed by atoms with E-state index in [2.05, 4.69) is 11.0 Å². The smallest absolute Gasteiger partial charge is 0.257 e. The zero-order chi connectivity index (χ0) is 23.0. The third-order valence-corrected chi connectivity index (χ3v) is 5.87. The van der Waals surface area contributed by atoms with Crippen molar-refractivity contribution in [2.24, 2.45) is 0 Å². The second-order valence-electron chi connectivity index (χ2n) is 8.03. The number of hydrogen-bond donors (Lipinski definition) is 0. The number of amides is 1. The average molecular weight is 447 g/mol. The molecule has 0 aliphatic carbocycles. The van der Waals surface area contributed by atoms with E-state index in [9.17, 15) is 4.79 Å². The van der Waals surface area contributed by atoms with Crippen molar-refractivity contribution in [1.82, 2.24) is 9.80 Å². The number of rotatable bonds is 8. The second kappa shape index (κ2) is 10.9. The molecular weight excluding hydrogens is 416 g/mol. The fourth-order valence-corrected chi connectivity index (χ4v) is 4.03. The summed E-state index contributed by atoms with van der Waals surface area (Å²) in [6.45, 7) is 4.28. The Bertz CT molecular complexity index is 1060. The minimum Gasteiger partial charge on any atom is -0.496 e. The molecule has 6 nitrogen and oxygen atoms in total. The molecule has 0 saturated carbocycles. The Kier molecular flexibility index (Phi) is 7.47. The Morgan fingerprint density at radius 3 is 2.18 bits per heavy atom. The number of benzene rings is 3. The molecule has 0 aromatic heterocycles. The highest BCUT2D eigenvalue weighted by Crippen LogP contribution is 2.29. The van der Waals surface area contributed by atoms with Crippen LogP contribution in [0.25, 0.3) is 0 Å². The lowest BCUT2D eigenvalue weighted by Crippen LogP contribution is -2.48. The summed E-state index contributed by atoms with van der Waals surface area (Å²) in [5, 5.41) is 0. The Labute approximate surface area is 195 Å². The molecule has 0 N–H and O–H groups in total. The van der Waals surface area contributed by atoms with Crippen LogP contribution in [-0.4, -0.2) is 56.1 Å². The standard InChI is InChI=1S/C27H30N2O4/c1-31-24-11-7-6-10-23(24)27(30)29-16-14-28(15-17-29)19-22-12-13-25(32-2)26(18-22)33-20-21-8-4-3-5-9-21/h3-13,18H,14-17,19-20H2,1-2H3. The molecule has 1 aliphatic heterocycles. The van der Waals surface area contributed by atoms with E-state index in [1.807, 2.05) is 71.6 Å². The van der Waals surface area contributed by atoms with Crippen LogP contribution < -0.4 is 14.2 Å². The lowest BCUT2D eigenvalue weighted by Gasteiger charge is -2.35. The first-order valence-corrected chi connectivity index (χ1v) is 11.2. The van der Waals surface area contributed by atoms with E-state index in [1.165, 1.54) is 0 Å². The van der Waals surface area contributed by atoms with Gasteiger partial charge in [-0.25, -0.2) is 0 Å². The first-order valence-electron chi connectivity index (χ1n) is 11.2. The van der Waals surface area contributed by atoms with E-state index in [4.69, 9.17) is 14.2 Å². The minimum atomic E-state index is 0.0214. The molecule has 3 aromatic rings. The number of para-hydroxylation sites is 1. The monoisotopic (exact) mass is 446 g/mol. The topological polar surface area (TPSA) is 51.2 Å². The Balaban J connectivity index is 1.35. The summed E-state index contributed by atoms with van der Waals surface area (Å²) >= 11 is 0. The first kappa shape index (κ1) is 22.7. The van der Waals surface area contributed by atoms with Gasteiger partial charge in [-0.2, -0.15) is 0 Å². The van der Waals surface area contributed by atoms with E-state index in [1.54, 1.807) is 14.2 Å². The molecule has 0 spiro atoms. The number of piperazine rings is 1. The Hall–Kier alpha value is -3.51. The molecule has 0 unspecified atom stereocenters. The Morgan fingerprint density at radius 2 is 1.45 bits per heavy atom. The maximum Gasteiger partial charge on any atom is 0.257 e. The van der Waals surface area contributed by atoms with Gasteiger partial charge in [-0.15, -0.1) is 0 Å². The van der Waals surface area contributed by atoms with Crippen LogP contribution >= 0.6 is 0 Å². The van der Waals surface area contributed by atoms with E-state index < -0.39 is 0 Å². The normalized spacial score (nSPS) is 14.1. The van der Waals surface area contributed by atoms with Gasteiger partial charge in [0, 0.05) is 32.7 Å². The fourth-order valence-electron chi connectivity index (χ4n) is 4.03. The molecule has 0 bridgehead atoms. The van der Waals surface area contributed by atoms with Gasteiger partial charge in [-0.3, -0.25) is 9.69 Å². The van der Waals surface area contributed by atoms with Gasteiger partial charge in [-0.05, 0) is 35.4 Å². The summed E-state index contributed by atoms with van der Waals surface area (Å²) in [6.07, 6.45) is 0. The van der Waals surface area contributed by atoms with Crippen LogP contribution in [0.2, 0.25) is 0 Å². The van der Waals surface area contributed by atoms with Crippen LogP contribution in [0.15, 0.2) is 72.8 Å². The number of nitrogens with zero attached hydrogens (tertiary/aromatic N) is 2. The summed E-state index contributed by atoms with van der Waals surface area (Å²) in [6, 6.07) is 23.6. The number of carbonyl (C=O) groups is 1. The molecule has 33 heavy (non-hydrogen) atoms. The lowest BCUT2D eigenvalue weighted by molar-refractivity contribution is 0.0625. The van der Waals surface area contributed by atoms with Crippen LogP contribution in [0.4, 0.5) is 0 Å². The van der Waals surface area contributed by atoms with E-state index >= 15 is 0 Å². The molecule has 1 aliphatic rings. The van der Waals surface area contributed by atoms with Gasteiger partial charge >= 0.3 is 0 Å². The fraction of sp³-hybridized carbons (Fsp3) is 0.296. The maximum atomic E-state index is 12.9. The first-order chi connectivity index (χ1) is 16.2. The van der Waals surface area contributed by atoms with Crippen molar-refractivity contribution in [1.29, 1.82) is 0 Å². The number of hydrogen-bond acceptors (Lipinski definition) is 5. The molecule has 172 valence electrons. The van der Waals surface area contributed by atoms with Gasteiger partial charge in [0.05, 0.1) is 19.8 Å². The molecule has 1 amide bonds. The molecule has 0 radical (unpaired) electrons. The van der Waals surface area contributed by atoms with Crippen molar-refractivity contribution in [3.63, 3.8) is 0 Å². The zero-order valence-corrected chi connectivity index (χ0v) is 19.2.